The topological polar surface area (TPSA) is 17.0 Å². The van der Waals surface area contributed by atoms with Crippen molar-refractivity contribution in [3.63, 3.8) is 0 Å². The summed E-state index contributed by atoms with van der Waals surface area (Å²) < 4.78 is 59.7. The maximum absolute atomic E-state index is 8.59. The third kappa shape index (κ3) is 5.21. The van der Waals surface area contributed by atoms with E-state index in [1.807, 2.05) is 62.5 Å². The third-order valence-corrected chi connectivity index (χ3v) is 10.9. The van der Waals surface area contributed by atoms with Gasteiger partial charge in [-0.3, -0.25) is 0 Å². The van der Waals surface area contributed by atoms with Gasteiger partial charge in [0.1, 0.15) is 18.2 Å². The number of pyridine rings is 1. The Balaban J connectivity index is 1.44. The monoisotopic (exact) mass is 608 g/mol. The summed E-state index contributed by atoms with van der Waals surface area (Å²) in [6, 6.07) is 36.0. The van der Waals surface area contributed by atoms with Gasteiger partial charge >= 0.3 is 0 Å². The molecule has 0 unspecified atom stereocenters. The molecule has 7 aromatic rings. The number of furan rings is 1. The van der Waals surface area contributed by atoms with Crippen LogP contribution < -0.4 is 9.75 Å². The standard InChI is InChI=1S/C42H40NOSi/c1-27-13-20-37-36-22-17-33(30-11-9-8-10-12-30)24-40(36)44-42(37)41(27)39-25-38(29(3)26-43(39)4)35-21-16-32(23-28(35)2)31-14-18-34(19-15-31)45(5,6)7/h8-26H,1-7H3/q+1/i2D3,3D3. The number of fused-ring (bicyclic) bond motifs is 3. The summed E-state index contributed by atoms with van der Waals surface area (Å²) in [5.41, 5.74) is 8.63. The van der Waals surface area contributed by atoms with E-state index in [2.05, 4.69) is 68.2 Å². The molecule has 0 saturated carbocycles. The van der Waals surface area contributed by atoms with Gasteiger partial charge in [0.2, 0.25) is 5.69 Å². The number of benzene rings is 5. The van der Waals surface area contributed by atoms with Crippen LogP contribution in [-0.2, 0) is 7.05 Å². The molecule has 45 heavy (non-hydrogen) atoms. The van der Waals surface area contributed by atoms with Gasteiger partial charge in [-0.05, 0) is 77.3 Å². The molecule has 0 N–H and O–H groups in total. The molecule has 0 atom stereocenters. The van der Waals surface area contributed by atoms with Crippen molar-refractivity contribution in [3.05, 3.63) is 132 Å². The summed E-state index contributed by atoms with van der Waals surface area (Å²) >= 11 is 0. The Hall–Kier alpha value is -4.73. The third-order valence-electron chi connectivity index (χ3n) is 8.88. The minimum atomic E-state index is -2.50. The zero-order valence-corrected chi connectivity index (χ0v) is 27.3. The first-order chi connectivity index (χ1) is 24.0. The number of aromatic nitrogens is 1. The van der Waals surface area contributed by atoms with E-state index in [1.165, 1.54) is 5.19 Å². The van der Waals surface area contributed by atoms with Gasteiger partial charge in [0.15, 0.2) is 6.20 Å². The second-order valence-corrected chi connectivity index (χ2v) is 18.1. The molecule has 2 heterocycles. The fourth-order valence-electron chi connectivity index (χ4n) is 6.31. The summed E-state index contributed by atoms with van der Waals surface area (Å²) in [4.78, 5) is 0. The van der Waals surface area contributed by atoms with Crippen LogP contribution >= 0.6 is 0 Å². The van der Waals surface area contributed by atoms with Gasteiger partial charge < -0.3 is 4.42 Å². The molecule has 7 rings (SSSR count). The molecule has 5 aromatic carbocycles. The highest BCUT2D eigenvalue weighted by Crippen LogP contribution is 2.40. The Kier molecular flexibility index (Phi) is 5.56. The molecule has 0 amide bonds. The zero-order chi connectivity index (χ0) is 36.5. The Morgan fingerprint density at radius 2 is 1.29 bits per heavy atom. The van der Waals surface area contributed by atoms with E-state index in [1.54, 1.807) is 22.9 Å². The number of nitrogens with zero attached hydrogens (tertiary/aromatic N) is 1. The van der Waals surface area contributed by atoms with Crippen LogP contribution in [0.2, 0.25) is 19.6 Å². The van der Waals surface area contributed by atoms with Gasteiger partial charge in [-0.25, -0.2) is 4.57 Å². The molecule has 0 aliphatic carbocycles. The molecule has 0 bridgehead atoms. The average molecular weight is 609 g/mol. The van der Waals surface area contributed by atoms with Gasteiger partial charge in [0.25, 0.3) is 0 Å². The van der Waals surface area contributed by atoms with Crippen LogP contribution in [0.15, 0.2) is 120 Å². The van der Waals surface area contributed by atoms with Crippen molar-refractivity contribution in [1.82, 2.24) is 0 Å². The lowest BCUT2D eigenvalue weighted by Gasteiger charge is -2.17. The Morgan fingerprint density at radius 1 is 0.622 bits per heavy atom. The summed E-state index contributed by atoms with van der Waals surface area (Å²) in [5, 5.41) is 3.24. The van der Waals surface area contributed by atoms with Crippen molar-refractivity contribution < 1.29 is 17.2 Å². The second-order valence-electron chi connectivity index (χ2n) is 13.0. The zero-order valence-electron chi connectivity index (χ0n) is 32.3. The lowest BCUT2D eigenvalue weighted by atomic mass is 9.92. The van der Waals surface area contributed by atoms with Crippen LogP contribution in [0, 0.1) is 20.6 Å². The SMILES string of the molecule is [2H]C([2H])([2H])c1cc(-c2ccc([Si](C)(C)C)cc2)ccc1-c1cc(-c2c(C)ccc3c2oc2cc(-c4ccccc4)ccc23)[n+](C)cc1C([2H])([2H])[2H]. The fraction of sp³-hybridized carbons (Fsp3) is 0.167. The second kappa shape index (κ2) is 11.0. The predicted molar refractivity (Wildman–Crippen MR) is 194 cm³/mol. The summed E-state index contributed by atoms with van der Waals surface area (Å²) in [6.45, 7) is 3.87. The largest absolute Gasteiger partial charge is 0.455 e. The van der Waals surface area contributed by atoms with Crippen LogP contribution in [0.4, 0.5) is 0 Å². The van der Waals surface area contributed by atoms with E-state index >= 15 is 0 Å². The van der Waals surface area contributed by atoms with Crippen LogP contribution in [0.3, 0.4) is 0 Å². The van der Waals surface area contributed by atoms with Gasteiger partial charge in [-0.1, -0.05) is 116 Å². The molecular weight excluding hydrogens is 563 g/mol. The van der Waals surface area contributed by atoms with Gasteiger partial charge in [-0.2, -0.15) is 0 Å². The number of rotatable bonds is 5. The molecule has 222 valence electrons. The highest BCUT2D eigenvalue weighted by molar-refractivity contribution is 6.88. The first-order valence-electron chi connectivity index (χ1n) is 18.3. The molecule has 0 saturated heterocycles. The van der Waals surface area contributed by atoms with Crippen molar-refractivity contribution in [1.29, 1.82) is 0 Å². The molecule has 0 aliphatic heterocycles. The lowest BCUT2D eigenvalue weighted by Crippen LogP contribution is -2.37. The average Bonchev–Trinajstić information content (AvgIpc) is 3.45. The quantitative estimate of drug-likeness (QED) is 0.140. The molecule has 0 fully saturated rings. The molecule has 0 radical (unpaired) electrons. The number of hydrogen-bond donors (Lipinski definition) is 0. The molecule has 2 nitrogen and oxygen atoms in total. The Morgan fingerprint density at radius 3 is 2.02 bits per heavy atom. The molecule has 3 heteroatoms. The maximum atomic E-state index is 8.59. The van der Waals surface area contributed by atoms with Crippen LogP contribution in [-0.4, -0.2) is 8.07 Å². The van der Waals surface area contributed by atoms with Gasteiger partial charge in [0.05, 0.1) is 13.6 Å². The first kappa shape index (κ1) is 22.7. The lowest BCUT2D eigenvalue weighted by molar-refractivity contribution is -0.660. The van der Waals surface area contributed by atoms with Crippen LogP contribution in [0.5, 0.6) is 0 Å². The minimum absolute atomic E-state index is 0.0772. The van der Waals surface area contributed by atoms with Crippen molar-refractivity contribution >= 4 is 35.2 Å². The van der Waals surface area contributed by atoms with Crippen molar-refractivity contribution in [2.24, 2.45) is 7.05 Å². The molecule has 0 aliphatic rings. The van der Waals surface area contributed by atoms with Crippen LogP contribution in [0.1, 0.15) is 24.9 Å². The Bertz CT molecular complexity index is 2440. The van der Waals surface area contributed by atoms with Gasteiger partial charge in [0, 0.05) is 30.6 Å². The molecular formula is C42H40NOSi+. The van der Waals surface area contributed by atoms with Crippen molar-refractivity contribution in [3.8, 4) is 44.6 Å². The number of hydrogen-bond acceptors (Lipinski definition) is 1. The first-order valence-corrected chi connectivity index (χ1v) is 18.8. The van der Waals surface area contributed by atoms with E-state index in [4.69, 9.17) is 12.6 Å². The predicted octanol–water partition coefficient (Wildman–Crippen LogP) is 10.5. The van der Waals surface area contributed by atoms with Crippen molar-refractivity contribution in [2.45, 2.75) is 40.3 Å². The van der Waals surface area contributed by atoms with E-state index in [0.29, 0.717) is 22.4 Å². The normalized spacial score (nSPS) is 14.4. The summed E-state index contributed by atoms with van der Waals surface area (Å²) in [6.07, 6.45) is 1.61. The van der Waals surface area contributed by atoms with Crippen LogP contribution in [0.25, 0.3) is 66.6 Å². The van der Waals surface area contributed by atoms with E-state index in [9.17, 15) is 0 Å². The van der Waals surface area contributed by atoms with Gasteiger partial charge in [-0.15, -0.1) is 0 Å². The van der Waals surface area contributed by atoms with Crippen molar-refractivity contribution in [2.75, 3.05) is 0 Å². The fourth-order valence-corrected chi connectivity index (χ4v) is 7.48. The van der Waals surface area contributed by atoms with E-state index in [0.717, 1.165) is 49.7 Å². The maximum Gasteiger partial charge on any atom is 0.216 e. The highest BCUT2D eigenvalue weighted by atomic mass is 28.3. The highest BCUT2D eigenvalue weighted by Gasteiger charge is 2.23. The molecule has 2 aromatic heterocycles. The van der Waals surface area contributed by atoms with E-state index < -0.39 is 21.8 Å². The number of aryl methyl sites for hydroxylation is 4. The summed E-state index contributed by atoms with van der Waals surface area (Å²) in [7, 11) is 0.306. The Labute approximate surface area is 276 Å². The van der Waals surface area contributed by atoms with E-state index in [-0.39, 0.29) is 11.1 Å². The smallest absolute Gasteiger partial charge is 0.216 e. The molecule has 0 spiro atoms. The minimum Gasteiger partial charge on any atom is -0.455 e. The summed E-state index contributed by atoms with van der Waals surface area (Å²) in [5.74, 6) is 0.